The number of carbonyl (C=O) groups is 2. The lowest BCUT2D eigenvalue weighted by Gasteiger charge is -2.34. The van der Waals surface area contributed by atoms with Crippen LogP contribution < -0.4 is 5.56 Å². The Kier molecular flexibility index (Phi) is 4.26. The molecule has 2 amide bonds. The Labute approximate surface area is 152 Å². The number of aromatic amines is 1. The van der Waals surface area contributed by atoms with Crippen molar-refractivity contribution in [2.75, 3.05) is 26.2 Å². The van der Waals surface area contributed by atoms with E-state index in [9.17, 15) is 14.4 Å². The minimum absolute atomic E-state index is 0.000264. The summed E-state index contributed by atoms with van der Waals surface area (Å²) in [5.74, 6) is -0.236. The van der Waals surface area contributed by atoms with Crippen molar-refractivity contribution in [2.24, 2.45) is 0 Å². The lowest BCUT2D eigenvalue weighted by Crippen LogP contribution is -2.50. The van der Waals surface area contributed by atoms with Gasteiger partial charge >= 0.3 is 0 Å². The number of nitrogens with one attached hydrogen (secondary N) is 1. The number of hydrogen-bond donors (Lipinski definition) is 1. The molecule has 4 rings (SSSR count). The summed E-state index contributed by atoms with van der Waals surface area (Å²) in [6.45, 7) is 1.82. The van der Waals surface area contributed by atoms with Gasteiger partial charge in [0.15, 0.2) is 5.69 Å². The quantitative estimate of drug-likeness (QED) is 0.744. The Morgan fingerprint density at radius 1 is 0.923 bits per heavy atom. The number of hydrogen-bond acceptors (Lipinski definition) is 5. The van der Waals surface area contributed by atoms with E-state index < -0.39 is 0 Å². The van der Waals surface area contributed by atoms with Crippen LogP contribution in [0.4, 0.5) is 0 Å². The summed E-state index contributed by atoms with van der Waals surface area (Å²) >= 11 is 1.42. The average molecular weight is 368 g/mol. The summed E-state index contributed by atoms with van der Waals surface area (Å²) in [5.41, 5.74) is -0.0817. The average Bonchev–Trinajstić information content (AvgIpc) is 3.22. The molecule has 1 aromatic carbocycles. The van der Waals surface area contributed by atoms with Gasteiger partial charge in [0.1, 0.15) is 0 Å². The second-order valence-electron chi connectivity index (χ2n) is 6.01. The topological polar surface area (TPSA) is 86.4 Å². The lowest BCUT2D eigenvalue weighted by molar-refractivity contribution is 0.0535. The van der Waals surface area contributed by atoms with E-state index in [1.54, 1.807) is 40.1 Å². The summed E-state index contributed by atoms with van der Waals surface area (Å²) < 4.78 is 0. The van der Waals surface area contributed by atoms with Crippen molar-refractivity contribution in [3.05, 3.63) is 62.7 Å². The Balaban J connectivity index is 1.52. The van der Waals surface area contributed by atoms with Crippen LogP contribution in [0.25, 0.3) is 10.8 Å². The van der Waals surface area contributed by atoms with E-state index in [4.69, 9.17) is 0 Å². The smallest absolute Gasteiger partial charge is 0.275 e. The number of fused-ring (bicyclic) bond motifs is 1. The Morgan fingerprint density at radius 3 is 2.23 bits per heavy atom. The van der Waals surface area contributed by atoms with Crippen molar-refractivity contribution in [3.63, 3.8) is 0 Å². The zero-order valence-electron chi connectivity index (χ0n) is 13.8. The molecule has 0 radical (unpaired) electrons. The molecule has 1 saturated heterocycles. The SMILES string of the molecule is O=C(c1cccs1)N1CCN(C(=O)c2n[nH]c(=O)c3ccccc23)CC1. The summed E-state index contributed by atoms with van der Waals surface area (Å²) in [5, 5.41) is 9.22. The summed E-state index contributed by atoms with van der Waals surface area (Å²) in [6, 6.07) is 10.6. The maximum Gasteiger partial charge on any atom is 0.275 e. The fourth-order valence-electron chi connectivity index (χ4n) is 3.10. The van der Waals surface area contributed by atoms with E-state index in [2.05, 4.69) is 10.2 Å². The molecule has 2 aromatic heterocycles. The van der Waals surface area contributed by atoms with Crippen LogP contribution in [0.2, 0.25) is 0 Å². The Bertz CT molecular complexity index is 1020. The van der Waals surface area contributed by atoms with Crippen LogP contribution in [0.15, 0.2) is 46.6 Å². The number of benzene rings is 1. The zero-order valence-corrected chi connectivity index (χ0v) is 14.7. The van der Waals surface area contributed by atoms with Crippen LogP contribution in [0, 0.1) is 0 Å². The lowest BCUT2D eigenvalue weighted by atomic mass is 10.1. The van der Waals surface area contributed by atoms with E-state index in [1.165, 1.54) is 11.3 Å². The molecule has 0 saturated carbocycles. The largest absolute Gasteiger partial charge is 0.334 e. The van der Waals surface area contributed by atoms with Gasteiger partial charge in [-0.1, -0.05) is 24.3 Å². The molecule has 7 nitrogen and oxygen atoms in total. The summed E-state index contributed by atoms with van der Waals surface area (Å²) in [7, 11) is 0. The van der Waals surface area contributed by atoms with Gasteiger partial charge in [-0.3, -0.25) is 14.4 Å². The molecule has 8 heteroatoms. The molecule has 1 aliphatic rings. The summed E-state index contributed by atoms with van der Waals surface area (Å²) in [4.78, 5) is 41.3. The molecular formula is C18H16N4O3S. The zero-order chi connectivity index (χ0) is 18.1. The third kappa shape index (κ3) is 2.88. The number of nitrogens with zero attached hydrogens (tertiary/aromatic N) is 3. The predicted octanol–water partition coefficient (Wildman–Crippen LogP) is 1.58. The first kappa shape index (κ1) is 16.5. The van der Waals surface area contributed by atoms with Crippen molar-refractivity contribution >= 4 is 33.9 Å². The van der Waals surface area contributed by atoms with Crippen LogP contribution in [0.3, 0.4) is 0 Å². The Morgan fingerprint density at radius 2 is 1.58 bits per heavy atom. The molecule has 1 fully saturated rings. The highest BCUT2D eigenvalue weighted by atomic mass is 32.1. The third-order valence-corrected chi connectivity index (χ3v) is 5.34. The minimum atomic E-state index is -0.316. The number of piperazine rings is 1. The van der Waals surface area contributed by atoms with E-state index >= 15 is 0 Å². The molecule has 1 aliphatic heterocycles. The highest BCUT2D eigenvalue weighted by molar-refractivity contribution is 7.12. The normalized spacial score (nSPS) is 14.6. The molecule has 26 heavy (non-hydrogen) atoms. The molecule has 0 spiro atoms. The first-order valence-corrected chi connectivity index (χ1v) is 9.12. The van der Waals surface area contributed by atoms with Gasteiger partial charge in [0.25, 0.3) is 17.4 Å². The number of carbonyl (C=O) groups excluding carboxylic acids is 2. The molecular weight excluding hydrogens is 352 g/mol. The van der Waals surface area contributed by atoms with E-state index in [-0.39, 0.29) is 23.1 Å². The van der Waals surface area contributed by atoms with Crippen LogP contribution in [-0.4, -0.2) is 58.0 Å². The molecule has 3 aromatic rings. The molecule has 132 valence electrons. The number of thiophene rings is 1. The van der Waals surface area contributed by atoms with E-state index in [0.29, 0.717) is 41.8 Å². The maximum absolute atomic E-state index is 12.9. The van der Waals surface area contributed by atoms with Crippen LogP contribution in [0.1, 0.15) is 20.2 Å². The minimum Gasteiger partial charge on any atom is -0.334 e. The van der Waals surface area contributed by atoms with Gasteiger partial charge in [-0.2, -0.15) is 5.10 Å². The van der Waals surface area contributed by atoms with Gasteiger partial charge in [-0.25, -0.2) is 5.10 Å². The standard InChI is InChI=1S/C18H16N4O3S/c23-16-13-5-2-1-4-12(13)15(19-20-16)18(25)22-9-7-21(8-10-22)17(24)14-6-3-11-26-14/h1-6,11H,7-10H2,(H,20,23). The third-order valence-electron chi connectivity index (χ3n) is 4.48. The van der Waals surface area contributed by atoms with Crippen LogP contribution in [-0.2, 0) is 0 Å². The summed E-state index contributed by atoms with van der Waals surface area (Å²) in [6.07, 6.45) is 0. The number of H-pyrrole nitrogens is 1. The highest BCUT2D eigenvalue weighted by Crippen LogP contribution is 2.17. The van der Waals surface area contributed by atoms with Gasteiger partial charge in [0.05, 0.1) is 10.3 Å². The molecule has 0 aliphatic carbocycles. The van der Waals surface area contributed by atoms with Gasteiger partial charge < -0.3 is 9.80 Å². The maximum atomic E-state index is 12.9. The van der Waals surface area contributed by atoms with Crippen LogP contribution >= 0.6 is 11.3 Å². The number of aromatic nitrogens is 2. The van der Waals surface area contributed by atoms with E-state index in [1.807, 2.05) is 11.4 Å². The first-order valence-electron chi connectivity index (χ1n) is 8.24. The van der Waals surface area contributed by atoms with E-state index in [0.717, 1.165) is 0 Å². The monoisotopic (exact) mass is 368 g/mol. The fourth-order valence-corrected chi connectivity index (χ4v) is 3.79. The molecule has 0 unspecified atom stereocenters. The number of amides is 2. The fraction of sp³-hybridized carbons (Fsp3) is 0.222. The van der Waals surface area contributed by atoms with Crippen molar-refractivity contribution < 1.29 is 9.59 Å². The van der Waals surface area contributed by atoms with Crippen LogP contribution in [0.5, 0.6) is 0 Å². The van der Waals surface area contributed by atoms with Gasteiger partial charge in [0.2, 0.25) is 0 Å². The Hall–Kier alpha value is -3.00. The molecule has 1 N–H and O–H groups in total. The predicted molar refractivity (Wildman–Crippen MR) is 98.5 cm³/mol. The first-order chi connectivity index (χ1) is 12.6. The van der Waals surface area contributed by atoms with Gasteiger partial charge in [-0.05, 0) is 17.5 Å². The van der Waals surface area contributed by atoms with Crippen molar-refractivity contribution in [2.45, 2.75) is 0 Å². The molecule has 3 heterocycles. The van der Waals surface area contributed by atoms with Gasteiger partial charge in [0, 0.05) is 31.6 Å². The number of rotatable bonds is 2. The van der Waals surface area contributed by atoms with Gasteiger partial charge in [-0.15, -0.1) is 11.3 Å². The second-order valence-corrected chi connectivity index (χ2v) is 6.96. The van der Waals surface area contributed by atoms with Crippen molar-refractivity contribution in [1.82, 2.24) is 20.0 Å². The second kappa shape index (κ2) is 6.72. The van der Waals surface area contributed by atoms with Crippen molar-refractivity contribution in [3.8, 4) is 0 Å². The highest BCUT2D eigenvalue weighted by Gasteiger charge is 2.27. The molecule has 0 atom stereocenters. The van der Waals surface area contributed by atoms with Crippen molar-refractivity contribution in [1.29, 1.82) is 0 Å². The molecule has 0 bridgehead atoms.